The summed E-state index contributed by atoms with van der Waals surface area (Å²) in [5.74, 6) is 2.41. The number of methoxy groups -OCH3 is 2. The van der Waals surface area contributed by atoms with E-state index in [1.807, 2.05) is 26.0 Å². The highest BCUT2D eigenvalue weighted by atomic mass is 16.5. The predicted molar refractivity (Wildman–Crippen MR) is 130 cm³/mol. The van der Waals surface area contributed by atoms with Gasteiger partial charge in [0.25, 0.3) is 0 Å². The molecule has 10 heteroatoms. The maximum atomic E-state index is 11.5. The van der Waals surface area contributed by atoms with E-state index in [9.17, 15) is 9.90 Å². The number of aryl methyl sites for hydroxylation is 2. The number of ether oxygens (including phenoxy) is 3. The minimum Gasteiger partial charge on any atom is -0.496 e. The quantitative estimate of drug-likeness (QED) is 0.406. The minimum absolute atomic E-state index is 0.174. The Balaban J connectivity index is 1.86. The van der Waals surface area contributed by atoms with Gasteiger partial charge in [0.15, 0.2) is 11.3 Å². The molecule has 2 aromatic carbocycles. The van der Waals surface area contributed by atoms with Crippen LogP contribution in [-0.4, -0.2) is 44.8 Å². The average Bonchev–Trinajstić information content (AvgIpc) is 3.11. The molecule has 0 saturated carbocycles. The monoisotopic (exact) mass is 477 g/mol. The van der Waals surface area contributed by atoms with Gasteiger partial charge >= 0.3 is 0 Å². The Bertz CT molecular complexity index is 1390. The van der Waals surface area contributed by atoms with Gasteiger partial charge in [-0.05, 0) is 32.9 Å². The van der Waals surface area contributed by atoms with Crippen molar-refractivity contribution >= 4 is 17.1 Å². The van der Waals surface area contributed by atoms with Gasteiger partial charge in [-0.1, -0.05) is 12.1 Å². The third-order valence-corrected chi connectivity index (χ3v) is 5.39. The van der Waals surface area contributed by atoms with Crippen LogP contribution in [0.15, 0.2) is 36.4 Å². The second-order valence-electron chi connectivity index (χ2n) is 8.03. The van der Waals surface area contributed by atoms with E-state index in [-0.39, 0.29) is 11.8 Å². The number of aromatic nitrogens is 4. The number of hydrogen-bond acceptors (Lipinski definition) is 8. The summed E-state index contributed by atoms with van der Waals surface area (Å²) in [6, 6.07) is 10.6. The van der Waals surface area contributed by atoms with Crippen LogP contribution >= 0.6 is 0 Å². The summed E-state index contributed by atoms with van der Waals surface area (Å²) < 4.78 is 18.9. The molecule has 0 saturated heterocycles. The Labute approximate surface area is 202 Å². The number of imidazole rings is 1. The Hall–Kier alpha value is -4.18. The lowest BCUT2D eigenvalue weighted by Crippen LogP contribution is -2.06. The van der Waals surface area contributed by atoms with Crippen molar-refractivity contribution in [1.82, 2.24) is 19.6 Å². The van der Waals surface area contributed by atoms with Crippen molar-refractivity contribution in [3.63, 3.8) is 0 Å². The number of aliphatic hydroxyl groups excluding tert-OH is 1. The lowest BCUT2D eigenvalue weighted by atomic mass is 10.1. The number of aliphatic hydroxyl groups is 1. The van der Waals surface area contributed by atoms with E-state index in [1.54, 1.807) is 35.7 Å². The summed E-state index contributed by atoms with van der Waals surface area (Å²) in [5, 5.41) is 17.6. The zero-order valence-corrected chi connectivity index (χ0v) is 20.4. The SMILES string of the molecule is COc1cc(Oc2nc(-c3cccc(NC(C)=O)c3)nn3c(C)nc(C)c23)cc(OC)c1C(C)O. The van der Waals surface area contributed by atoms with Crippen LogP contribution in [0, 0.1) is 13.8 Å². The highest BCUT2D eigenvalue weighted by molar-refractivity contribution is 5.89. The maximum Gasteiger partial charge on any atom is 0.249 e. The van der Waals surface area contributed by atoms with Crippen LogP contribution in [0.3, 0.4) is 0 Å². The molecule has 0 fully saturated rings. The molecule has 4 aromatic rings. The van der Waals surface area contributed by atoms with Crippen LogP contribution in [0.4, 0.5) is 5.69 Å². The van der Waals surface area contributed by atoms with Crippen molar-refractivity contribution < 1.29 is 24.1 Å². The third kappa shape index (κ3) is 4.73. The molecule has 10 nitrogen and oxygen atoms in total. The Morgan fingerprint density at radius 3 is 2.37 bits per heavy atom. The van der Waals surface area contributed by atoms with E-state index < -0.39 is 6.10 Å². The molecule has 2 heterocycles. The molecule has 1 amide bonds. The lowest BCUT2D eigenvalue weighted by Gasteiger charge is -2.17. The molecule has 35 heavy (non-hydrogen) atoms. The first-order chi connectivity index (χ1) is 16.7. The number of rotatable bonds is 7. The number of anilines is 1. The summed E-state index contributed by atoms with van der Waals surface area (Å²) in [7, 11) is 3.02. The highest BCUT2D eigenvalue weighted by Gasteiger charge is 2.21. The van der Waals surface area contributed by atoms with Crippen LogP contribution in [0.1, 0.15) is 37.0 Å². The van der Waals surface area contributed by atoms with Crippen molar-refractivity contribution in [3.05, 3.63) is 53.5 Å². The van der Waals surface area contributed by atoms with Gasteiger partial charge in [0.1, 0.15) is 23.1 Å². The van der Waals surface area contributed by atoms with Crippen LogP contribution in [0.2, 0.25) is 0 Å². The van der Waals surface area contributed by atoms with E-state index in [2.05, 4.69) is 15.4 Å². The van der Waals surface area contributed by atoms with Gasteiger partial charge in [0.05, 0.1) is 31.6 Å². The number of benzene rings is 2. The van der Waals surface area contributed by atoms with Gasteiger partial charge in [-0.2, -0.15) is 4.98 Å². The van der Waals surface area contributed by atoms with E-state index in [4.69, 9.17) is 19.2 Å². The topological polar surface area (TPSA) is 120 Å². The Morgan fingerprint density at radius 1 is 1.09 bits per heavy atom. The Morgan fingerprint density at radius 2 is 1.77 bits per heavy atom. The molecule has 0 bridgehead atoms. The standard InChI is InChI=1S/C25H27N5O5/c1-13-23-25(35-19-11-20(33-5)22(14(2)31)21(12-19)34-6)28-24(29-30(23)15(3)26-13)17-8-7-9-18(10-17)27-16(4)32/h7-12,14,31H,1-6H3,(H,27,32). The molecule has 2 N–H and O–H groups in total. The third-order valence-electron chi connectivity index (χ3n) is 5.39. The largest absolute Gasteiger partial charge is 0.496 e. The highest BCUT2D eigenvalue weighted by Crippen LogP contribution is 2.40. The van der Waals surface area contributed by atoms with Crippen LogP contribution in [-0.2, 0) is 4.79 Å². The van der Waals surface area contributed by atoms with Crippen molar-refractivity contribution in [2.45, 2.75) is 33.8 Å². The lowest BCUT2D eigenvalue weighted by molar-refractivity contribution is -0.114. The fourth-order valence-electron chi connectivity index (χ4n) is 3.92. The molecule has 0 radical (unpaired) electrons. The summed E-state index contributed by atoms with van der Waals surface area (Å²) >= 11 is 0. The van der Waals surface area contributed by atoms with Gasteiger partial charge in [-0.3, -0.25) is 4.79 Å². The smallest absolute Gasteiger partial charge is 0.249 e. The van der Waals surface area contributed by atoms with Crippen LogP contribution < -0.4 is 19.5 Å². The molecule has 0 aliphatic rings. The predicted octanol–water partition coefficient (Wildman–Crippen LogP) is 4.23. The molecule has 0 spiro atoms. The van der Waals surface area contributed by atoms with Crippen molar-refractivity contribution in [2.75, 3.05) is 19.5 Å². The molecule has 0 aliphatic carbocycles. The molecule has 4 rings (SSSR count). The number of carbonyl (C=O) groups is 1. The molecule has 1 unspecified atom stereocenters. The molecule has 182 valence electrons. The first-order valence-corrected chi connectivity index (χ1v) is 11.0. The van der Waals surface area contributed by atoms with Crippen molar-refractivity contribution in [3.8, 4) is 34.5 Å². The summed E-state index contributed by atoms with van der Waals surface area (Å²) in [6.45, 7) is 6.78. The van der Waals surface area contributed by atoms with E-state index in [0.29, 0.717) is 56.9 Å². The minimum atomic E-state index is -0.804. The molecule has 1 atom stereocenters. The summed E-state index contributed by atoms with van der Waals surface area (Å²) in [5.41, 5.74) is 3.15. The van der Waals surface area contributed by atoms with Gasteiger partial charge in [0, 0.05) is 30.3 Å². The Kier molecular flexibility index (Phi) is 6.57. The fraction of sp³-hybridized carbons (Fsp3) is 0.280. The maximum absolute atomic E-state index is 11.5. The van der Waals surface area contributed by atoms with Gasteiger partial charge in [-0.15, -0.1) is 5.10 Å². The molecular weight excluding hydrogens is 450 g/mol. The van der Waals surface area contributed by atoms with Gasteiger partial charge in [0.2, 0.25) is 11.8 Å². The molecule has 0 aliphatic heterocycles. The summed E-state index contributed by atoms with van der Waals surface area (Å²) in [4.78, 5) is 20.7. The number of hydrogen-bond donors (Lipinski definition) is 2. The number of nitrogens with zero attached hydrogens (tertiary/aromatic N) is 4. The number of carbonyl (C=O) groups excluding carboxylic acids is 1. The zero-order valence-electron chi connectivity index (χ0n) is 20.4. The second kappa shape index (κ2) is 9.59. The van der Waals surface area contributed by atoms with Crippen molar-refractivity contribution in [1.29, 1.82) is 0 Å². The summed E-state index contributed by atoms with van der Waals surface area (Å²) in [6.07, 6.45) is -0.804. The first kappa shape index (κ1) is 24.0. The fourth-order valence-corrected chi connectivity index (χ4v) is 3.92. The van der Waals surface area contributed by atoms with Gasteiger partial charge < -0.3 is 24.6 Å². The number of amides is 1. The zero-order chi connectivity index (χ0) is 25.3. The van der Waals surface area contributed by atoms with E-state index in [0.717, 1.165) is 0 Å². The van der Waals surface area contributed by atoms with Crippen LogP contribution in [0.25, 0.3) is 16.9 Å². The van der Waals surface area contributed by atoms with Gasteiger partial charge in [-0.25, -0.2) is 9.50 Å². The molecule has 2 aromatic heterocycles. The van der Waals surface area contributed by atoms with Crippen LogP contribution in [0.5, 0.6) is 23.1 Å². The van der Waals surface area contributed by atoms with Crippen molar-refractivity contribution in [2.24, 2.45) is 0 Å². The number of nitrogens with one attached hydrogen (secondary N) is 1. The van der Waals surface area contributed by atoms with E-state index in [1.165, 1.54) is 21.1 Å². The normalized spacial score (nSPS) is 11.9. The second-order valence-corrected chi connectivity index (χ2v) is 8.03. The average molecular weight is 478 g/mol. The van der Waals surface area contributed by atoms with E-state index >= 15 is 0 Å². The first-order valence-electron chi connectivity index (χ1n) is 11.0. The molecular formula is C25H27N5O5. The number of fused-ring (bicyclic) bond motifs is 1.